The van der Waals surface area contributed by atoms with Crippen LogP contribution in [0, 0.1) is 23.2 Å². The van der Waals surface area contributed by atoms with Crippen LogP contribution in [0.2, 0.25) is 0 Å². The molecule has 4 rings (SSSR count). The normalized spacial score (nSPS) is 12.5. The molecule has 0 aliphatic carbocycles. The van der Waals surface area contributed by atoms with Crippen LogP contribution < -0.4 is 0 Å². The first-order valence-corrected chi connectivity index (χ1v) is 9.58. The summed E-state index contributed by atoms with van der Waals surface area (Å²) in [5, 5.41) is 10.4. The molecule has 0 radical (unpaired) electrons. The van der Waals surface area contributed by atoms with Gasteiger partial charge in [0.05, 0.1) is 11.6 Å². The fraction of sp³-hybridized carbons (Fsp3) is 0.160. The third-order valence-electron chi connectivity index (χ3n) is 5.08. The van der Waals surface area contributed by atoms with Crippen molar-refractivity contribution in [3.8, 4) is 17.9 Å². The molecule has 3 aromatic carbocycles. The Morgan fingerprint density at radius 2 is 1.55 bits per heavy atom. The number of hydrogen-bond acceptors (Lipinski definition) is 3. The van der Waals surface area contributed by atoms with E-state index in [4.69, 9.17) is 5.26 Å². The molecular weight excluding hydrogens is 360 g/mol. The monoisotopic (exact) mass is 378 g/mol. The second kappa shape index (κ2) is 7.62. The number of benzene rings is 3. The van der Waals surface area contributed by atoms with Crippen molar-refractivity contribution in [2.24, 2.45) is 0 Å². The number of imide groups is 1. The molecule has 1 aliphatic rings. The highest BCUT2D eigenvalue weighted by Gasteiger charge is 2.32. The van der Waals surface area contributed by atoms with Crippen molar-refractivity contribution in [2.75, 3.05) is 6.54 Å². The van der Waals surface area contributed by atoms with Gasteiger partial charge in [-0.3, -0.25) is 14.5 Å². The highest BCUT2D eigenvalue weighted by atomic mass is 16.2. The van der Waals surface area contributed by atoms with Gasteiger partial charge >= 0.3 is 0 Å². The molecule has 0 saturated carbocycles. The van der Waals surface area contributed by atoms with Gasteiger partial charge in [0.2, 0.25) is 0 Å². The summed E-state index contributed by atoms with van der Waals surface area (Å²) in [6, 6.07) is 18.2. The molecule has 0 saturated heterocycles. The maximum Gasteiger partial charge on any atom is 0.261 e. The Morgan fingerprint density at radius 3 is 2.24 bits per heavy atom. The number of rotatable bonds is 3. The molecule has 1 heterocycles. The molecule has 3 aromatic rings. The summed E-state index contributed by atoms with van der Waals surface area (Å²) < 4.78 is 0. The molecule has 4 nitrogen and oxygen atoms in total. The van der Waals surface area contributed by atoms with E-state index in [2.05, 4.69) is 17.9 Å². The summed E-state index contributed by atoms with van der Waals surface area (Å²) in [5.74, 6) is 5.77. The minimum absolute atomic E-state index is 0.237. The van der Waals surface area contributed by atoms with Crippen LogP contribution in [0.25, 0.3) is 10.8 Å². The van der Waals surface area contributed by atoms with Gasteiger partial charge in [-0.15, -0.1) is 0 Å². The number of unbranched alkanes of at least 4 members (excludes halogenated alkanes) is 1. The second-order valence-corrected chi connectivity index (χ2v) is 6.94. The van der Waals surface area contributed by atoms with E-state index in [1.165, 1.54) is 4.90 Å². The number of nitrogens with zero attached hydrogens (tertiary/aromatic N) is 2. The number of nitriles is 1. The fourth-order valence-corrected chi connectivity index (χ4v) is 3.54. The molecule has 0 atom stereocenters. The number of amides is 2. The molecule has 140 valence electrons. The molecule has 0 aromatic heterocycles. The van der Waals surface area contributed by atoms with Gasteiger partial charge in [0.25, 0.3) is 11.8 Å². The van der Waals surface area contributed by atoms with Gasteiger partial charge in [0, 0.05) is 34.2 Å². The van der Waals surface area contributed by atoms with Crippen LogP contribution in [-0.4, -0.2) is 23.3 Å². The Kier molecular flexibility index (Phi) is 4.85. The van der Waals surface area contributed by atoms with Gasteiger partial charge in [-0.05, 0) is 54.3 Å². The van der Waals surface area contributed by atoms with E-state index in [9.17, 15) is 9.59 Å². The van der Waals surface area contributed by atoms with Crippen molar-refractivity contribution in [3.63, 3.8) is 0 Å². The predicted octanol–water partition coefficient (Wildman–Crippen LogP) is 4.51. The molecule has 2 amide bonds. The molecule has 1 aliphatic heterocycles. The maximum absolute atomic E-state index is 12.9. The maximum atomic E-state index is 12.9. The van der Waals surface area contributed by atoms with Crippen LogP contribution >= 0.6 is 0 Å². The van der Waals surface area contributed by atoms with Crippen LogP contribution in [0.5, 0.6) is 0 Å². The fourth-order valence-electron chi connectivity index (χ4n) is 3.54. The standard InChI is InChI=1S/C25H18N2O2/c1-2-3-15-27-24(28)21-6-4-5-20-19(13-14-22(23(20)21)25(27)29)12-11-17-7-9-18(16-26)10-8-17/h4-10,13-14H,2-3,15H2,1H3. The van der Waals surface area contributed by atoms with Crippen molar-refractivity contribution in [1.82, 2.24) is 4.90 Å². The molecule has 29 heavy (non-hydrogen) atoms. The number of hydrogen-bond donors (Lipinski definition) is 0. The topological polar surface area (TPSA) is 61.2 Å². The predicted molar refractivity (Wildman–Crippen MR) is 111 cm³/mol. The average Bonchev–Trinajstić information content (AvgIpc) is 2.76. The van der Waals surface area contributed by atoms with Gasteiger partial charge < -0.3 is 0 Å². The Morgan fingerprint density at radius 1 is 0.862 bits per heavy atom. The van der Waals surface area contributed by atoms with Crippen LogP contribution in [0.3, 0.4) is 0 Å². The summed E-state index contributed by atoms with van der Waals surface area (Å²) >= 11 is 0. The Labute approximate surface area is 169 Å². The van der Waals surface area contributed by atoms with Crippen molar-refractivity contribution >= 4 is 22.6 Å². The van der Waals surface area contributed by atoms with Crippen LogP contribution in [0.15, 0.2) is 54.6 Å². The van der Waals surface area contributed by atoms with E-state index >= 15 is 0 Å². The van der Waals surface area contributed by atoms with Gasteiger partial charge in [-0.2, -0.15) is 5.26 Å². The molecule has 0 unspecified atom stereocenters. The van der Waals surface area contributed by atoms with E-state index in [1.54, 1.807) is 36.4 Å². The Balaban J connectivity index is 1.80. The quantitative estimate of drug-likeness (QED) is 0.498. The largest absolute Gasteiger partial charge is 0.274 e. The summed E-state index contributed by atoms with van der Waals surface area (Å²) in [4.78, 5) is 27.2. The zero-order valence-corrected chi connectivity index (χ0v) is 16.0. The van der Waals surface area contributed by atoms with Crippen molar-refractivity contribution in [2.45, 2.75) is 19.8 Å². The first-order valence-electron chi connectivity index (χ1n) is 9.58. The molecule has 4 heteroatoms. The van der Waals surface area contributed by atoms with Crippen LogP contribution in [0.4, 0.5) is 0 Å². The number of carbonyl (C=O) groups is 2. The molecular formula is C25H18N2O2. The highest BCUT2D eigenvalue weighted by Crippen LogP contribution is 2.32. The van der Waals surface area contributed by atoms with Gasteiger partial charge in [0.15, 0.2) is 0 Å². The first-order chi connectivity index (χ1) is 14.1. The SMILES string of the molecule is CCCCN1C(=O)c2cccc3c(C#Cc4ccc(C#N)cc4)ccc(c23)C1=O. The second-order valence-electron chi connectivity index (χ2n) is 6.94. The third kappa shape index (κ3) is 3.26. The minimum Gasteiger partial charge on any atom is -0.274 e. The van der Waals surface area contributed by atoms with Gasteiger partial charge in [-0.1, -0.05) is 37.3 Å². The Bertz CT molecular complexity index is 1220. The summed E-state index contributed by atoms with van der Waals surface area (Å²) in [5.41, 5.74) is 3.24. The first kappa shape index (κ1) is 18.5. The third-order valence-corrected chi connectivity index (χ3v) is 5.08. The minimum atomic E-state index is -0.237. The van der Waals surface area contributed by atoms with Gasteiger partial charge in [-0.25, -0.2) is 0 Å². The highest BCUT2D eigenvalue weighted by molar-refractivity contribution is 6.26. The van der Waals surface area contributed by atoms with E-state index < -0.39 is 0 Å². The molecule has 0 spiro atoms. The van der Waals surface area contributed by atoms with E-state index in [1.807, 2.05) is 25.1 Å². The lowest BCUT2D eigenvalue weighted by atomic mass is 9.91. The van der Waals surface area contributed by atoms with Crippen LogP contribution in [-0.2, 0) is 0 Å². The Hall–Kier alpha value is -3.89. The molecule has 0 bridgehead atoms. The number of carbonyl (C=O) groups excluding carboxylic acids is 2. The smallest absolute Gasteiger partial charge is 0.261 e. The summed E-state index contributed by atoms with van der Waals surface area (Å²) in [7, 11) is 0. The molecule has 0 fully saturated rings. The zero-order valence-electron chi connectivity index (χ0n) is 16.0. The lowest BCUT2D eigenvalue weighted by Gasteiger charge is -2.27. The average molecular weight is 378 g/mol. The summed E-state index contributed by atoms with van der Waals surface area (Å²) in [6.45, 7) is 2.47. The lowest BCUT2D eigenvalue weighted by Crippen LogP contribution is -2.40. The van der Waals surface area contributed by atoms with E-state index in [-0.39, 0.29) is 11.8 Å². The van der Waals surface area contributed by atoms with Crippen molar-refractivity contribution in [3.05, 3.63) is 82.4 Å². The van der Waals surface area contributed by atoms with Crippen molar-refractivity contribution < 1.29 is 9.59 Å². The summed E-state index contributed by atoms with van der Waals surface area (Å²) in [6.07, 6.45) is 1.70. The molecule has 0 N–H and O–H groups in total. The van der Waals surface area contributed by atoms with E-state index in [0.29, 0.717) is 28.6 Å². The van der Waals surface area contributed by atoms with Crippen LogP contribution in [0.1, 0.15) is 57.2 Å². The lowest BCUT2D eigenvalue weighted by molar-refractivity contribution is 0.0608. The van der Waals surface area contributed by atoms with Crippen molar-refractivity contribution in [1.29, 1.82) is 5.26 Å². The van der Waals surface area contributed by atoms with Gasteiger partial charge in [0.1, 0.15) is 0 Å². The van der Waals surface area contributed by atoms with E-state index in [0.717, 1.165) is 29.4 Å². The zero-order chi connectivity index (χ0) is 20.4.